The zero-order valence-electron chi connectivity index (χ0n) is 21.1. The molecular weight excluding hydrogens is 458 g/mol. The van der Waals surface area contributed by atoms with Gasteiger partial charge in [0, 0.05) is 45.0 Å². The van der Waals surface area contributed by atoms with Gasteiger partial charge < -0.3 is 15.5 Å². The van der Waals surface area contributed by atoms with Crippen LogP contribution in [0.2, 0.25) is 0 Å². The lowest BCUT2D eigenvalue weighted by Crippen LogP contribution is -2.52. The largest absolute Gasteiger partial charge is 0.354 e. The first-order chi connectivity index (χ1) is 17.5. The minimum Gasteiger partial charge on any atom is -0.338 e. The van der Waals surface area contributed by atoms with Gasteiger partial charge in [-0.3, -0.25) is 19.6 Å². The van der Waals surface area contributed by atoms with E-state index >= 15 is 0 Å². The average molecular weight is 496 g/mol. The molecule has 1 saturated carbocycles. The molecule has 194 valence electrons. The molecule has 0 radical (unpaired) electrons. The van der Waals surface area contributed by atoms with E-state index in [-0.39, 0.29) is 24.3 Å². The van der Waals surface area contributed by atoms with Crippen molar-refractivity contribution in [2.24, 2.45) is 5.73 Å². The number of hydrogen-bond acceptors (Lipinski definition) is 6. The molecule has 2 fully saturated rings. The van der Waals surface area contributed by atoms with Crippen molar-refractivity contribution in [3.05, 3.63) is 52.6 Å². The molecule has 2 aromatic rings. The molecule has 3 amide bonds. The molecule has 0 bridgehead atoms. The molecule has 4 rings (SSSR count). The number of urea groups is 1. The highest BCUT2D eigenvalue weighted by molar-refractivity contribution is 5.88. The monoisotopic (exact) mass is 495 g/mol. The summed E-state index contributed by atoms with van der Waals surface area (Å²) in [6, 6.07) is 9.94. The molecule has 10 nitrogen and oxygen atoms in total. The molecule has 0 unspecified atom stereocenters. The highest BCUT2D eigenvalue weighted by Gasteiger charge is 2.24. The number of nitrogens with one attached hydrogen (secondary N) is 1. The Hall–Kier alpha value is -3.24. The number of hydrogen-bond donors (Lipinski definition) is 2. The fourth-order valence-corrected chi connectivity index (χ4v) is 5.09. The van der Waals surface area contributed by atoms with E-state index in [1.807, 2.05) is 12.1 Å². The van der Waals surface area contributed by atoms with Crippen molar-refractivity contribution in [3.8, 4) is 5.69 Å². The van der Waals surface area contributed by atoms with Gasteiger partial charge in [0.15, 0.2) is 0 Å². The molecule has 0 spiro atoms. The van der Waals surface area contributed by atoms with Crippen LogP contribution in [0.25, 0.3) is 5.69 Å². The predicted molar refractivity (Wildman–Crippen MR) is 139 cm³/mol. The Morgan fingerprint density at radius 1 is 1.03 bits per heavy atom. The zero-order chi connectivity index (χ0) is 25.5. The van der Waals surface area contributed by atoms with E-state index in [2.05, 4.69) is 34.3 Å². The normalized spacial score (nSPS) is 16.9. The summed E-state index contributed by atoms with van der Waals surface area (Å²) in [5.41, 5.74) is 6.90. The topological polar surface area (TPSA) is 117 Å². The maximum absolute atomic E-state index is 12.7. The number of amides is 3. The second-order valence-corrected chi connectivity index (χ2v) is 9.49. The average Bonchev–Trinajstić information content (AvgIpc) is 2.92. The van der Waals surface area contributed by atoms with Gasteiger partial charge in [0.1, 0.15) is 5.82 Å². The quantitative estimate of drug-likeness (QED) is 0.607. The van der Waals surface area contributed by atoms with Crippen molar-refractivity contribution in [1.29, 1.82) is 0 Å². The summed E-state index contributed by atoms with van der Waals surface area (Å²) in [7, 11) is 0. The van der Waals surface area contributed by atoms with E-state index in [1.54, 1.807) is 22.1 Å². The molecule has 2 heterocycles. The van der Waals surface area contributed by atoms with Gasteiger partial charge in [-0.05, 0) is 43.1 Å². The summed E-state index contributed by atoms with van der Waals surface area (Å²) in [6.45, 7) is 5.80. The number of nitrogens with zero attached hydrogens (tertiary/aromatic N) is 5. The van der Waals surface area contributed by atoms with Gasteiger partial charge in [0.05, 0.1) is 12.2 Å². The molecule has 1 aliphatic heterocycles. The van der Waals surface area contributed by atoms with Crippen LogP contribution in [-0.4, -0.2) is 81.5 Å². The number of benzene rings is 1. The van der Waals surface area contributed by atoms with Crippen molar-refractivity contribution in [2.45, 2.75) is 51.6 Å². The van der Waals surface area contributed by atoms with Crippen molar-refractivity contribution >= 4 is 17.8 Å². The molecule has 1 aliphatic carbocycles. The second-order valence-electron chi connectivity index (χ2n) is 9.49. The van der Waals surface area contributed by atoms with Crippen LogP contribution < -0.4 is 16.7 Å². The first-order valence-corrected chi connectivity index (χ1v) is 13.0. The van der Waals surface area contributed by atoms with Crippen LogP contribution in [0.5, 0.6) is 0 Å². The number of carbonyl (C=O) groups is 2. The van der Waals surface area contributed by atoms with Crippen LogP contribution in [0.1, 0.15) is 44.6 Å². The van der Waals surface area contributed by atoms with E-state index in [9.17, 15) is 14.4 Å². The lowest BCUT2D eigenvalue weighted by atomic mass is 9.94. The number of anilines is 1. The third kappa shape index (κ3) is 6.30. The fraction of sp³-hybridized carbons (Fsp3) is 0.538. The molecule has 3 N–H and O–H groups in total. The summed E-state index contributed by atoms with van der Waals surface area (Å²) in [5.74, 6) is 0.0738. The van der Waals surface area contributed by atoms with Crippen LogP contribution >= 0.6 is 0 Å². The number of rotatable bonds is 7. The Kier molecular flexibility index (Phi) is 8.71. The van der Waals surface area contributed by atoms with E-state index in [0.717, 1.165) is 18.8 Å². The van der Waals surface area contributed by atoms with Crippen molar-refractivity contribution in [2.75, 3.05) is 44.6 Å². The summed E-state index contributed by atoms with van der Waals surface area (Å²) >= 11 is 0. The van der Waals surface area contributed by atoms with E-state index in [0.29, 0.717) is 32.2 Å². The molecule has 10 heteroatoms. The van der Waals surface area contributed by atoms with E-state index < -0.39 is 5.69 Å². The maximum atomic E-state index is 12.7. The van der Waals surface area contributed by atoms with E-state index in [4.69, 9.17) is 5.73 Å². The van der Waals surface area contributed by atoms with Crippen molar-refractivity contribution in [3.63, 3.8) is 0 Å². The zero-order valence-corrected chi connectivity index (χ0v) is 21.1. The van der Waals surface area contributed by atoms with Gasteiger partial charge in [-0.2, -0.15) is 4.98 Å². The molecule has 1 aromatic carbocycles. The molecule has 1 aromatic heterocycles. The van der Waals surface area contributed by atoms with Gasteiger partial charge in [-0.1, -0.05) is 38.3 Å². The van der Waals surface area contributed by atoms with Crippen LogP contribution in [0.3, 0.4) is 0 Å². The standard InChI is InChI=1S/C26H37N7O3/c1-2-30(21-6-4-3-5-7-21)19-20-8-10-22(11-9-20)33-13-12-23(29-26(33)36)28-25(35)32-16-14-31(15-17-32)24(34)18-27/h8-13,21H,2-7,14-19,27H2,1H3,(H,28,29,35,36). The van der Waals surface area contributed by atoms with Crippen LogP contribution in [-0.2, 0) is 11.3 Å². The molecule has 1 saturated heterocycles. The molecule has 2 aliphatic rings. The Morgan fingerprint density at radius 3 is 2.31 bits per heavy atom. The first kappa shape index (κ1) is 25.8. The van der Waals surface area contributed by atoms with Crippen molar-refractivity contribution in [1.82, 2.24) is 24.3 Å². The molecule has 0 atom stereocenters. The summed E-state index contributed by atoms with van der Waals surface area (Å²) < 4.78 is 1.47. The molecule has 36 heavy (non-hydrogen) atoms. The first-order valence-electron chi connectivity index (χ1n) is 13.0. The van der Waals surface area contributed by atoms with Crippen LogP contribution in [0, 0.1) is 0 Å². The predicted octanol–water partition coefficient (Wildman–Crippen LogP) is 2.02. The van der Waals surface area contributed by atoms with Crippen LogP contribution in [0.4, 0.5) is 10.6 Å². The Bertz CT molecular complexity index is 1090. The number of carbonyl (C=O) groups excluding carboxylic acids is 2. The van der Waals surface area contributed by atoms with Gasteiger partial charge >= 0.3 is 11.7 Å². The third-order valence-electron chi connectivity index (χ3n) is 7.23. The number of piperazine rings is 1. The maximum Gasteiger partial charge on any atom is 0.354 e. The number of nitrogens with two attached hydrogens (primary N) is 1. The minimum absolute atomic E-state index is 0.0349. The smallest absolute Gasteiger partial charge is 0.338 e. The third-order valence-corrected chi connectivity index (χ3v) is 7.23. The minimum atomic E-state index is -0.462. The Labute approximate surface area is 212 Å². The lowest BCUT2D eigenvalue weighted by Gasteiger charge is -2.34. The molecular formula is C26H37N7O3. The van der Waals surface area contributed by atoms with Gasteiger partial charge in [-0.25, -0.2) is 9.59 Å². The highest BCUT2D eigenvalue weighted by atomic mass is 16.2. The highest BCUT2D eigenvalue weighted by Crippen LogP contribution is 2.24. The summed E-state index contributed by atoms with van der Waals surface area (Å²) in [4.78, 5) is 46.8. The van der Waals surface area contributed by atoms with E-state index in [1.165, 1.54) is 42.2 Å². The second kappa shape index (κ2) is 12.1. The summed E-state index contributed by atoms with van der Waals surface area (Å²) in [6.07, 6.45) is 8.17. The van der Waals surface area contributed by atoms with Gasteiger partial charge in [-0.15, -0.1) is 0 Å². The van der Waals surface area contributed by atoms with Crippen molar-refractivity contribution < 1.29 is 9.59 Å². The summed E-state index contributed by atoms with van der Waals surface area (Å²) in [5, 5.41) is 2.69. The van der Waals surface area contributed by atoms with Crippen LogP contribution in [0.15, 0.2) is 41.3 Å². The lowest BCUT2D eigenvalue weighted by molar-refractivity contribution is -0.131. The number of aromatic nitrogens is 2. The SMILES string of the molecule is CCN(Cc1ccc(-n2ccc(NC(=O)N3CCN(C(=O)CN)CC3)nc2=O)cc1)C1CCCCC1. The fourth-order valence-electron chi connectivity index (χ4n) is 5.09. The van der Waals surface area contributed by atoms with Gasteiger partial charge in [0.25, 0.3) is 0 Å². The Morgan fingerprint density at radius 2 is 1.69 bits per heavy atom. The Balaban J connectivity index is 1.35. The van der Waals surface area contributed by atoms with Gasteiger partial charge in [0.2, 0.25) is 5.91 Å².